The van der Waals surface area contributed by atoms with Gasteiger partial charge in [-0.05, 0) is 37.5 Å². The highest BCUT2D eigenvalue weighted by Crippen LogP contribution is 2.11. The molecule has 16 heavy (non-hydrogen) atoms. The van der Waals surface area contributed by atoms with E-state index in [-0.39, 0.29) is 5.97 Å². The lowest BCUT2D eigenvalue weighted by Crippen LogP contribution is -2.06. The molecule has 0 aliphatic rings. The minimum atomic E-state index is -0.309. The second kappa shape index (κ2) is 6.48. The molecule has 0 N–H and O–H groups in total. The van der Waals surface area contributed by atoms with E-state index in [0.717, 1.165) is 17.3 Å². The number of halogens is 1. The smallest absolute Gasteiger partial charge is 0.333 e. The molecule has 0 aliphatic heterocycles. The number of rotatable bonds is 5. The van der Waals surface area contributed by atoms with Crippen LogP contribution >= 0.6 is 15.9 Å². The van der Waals surface area contributed by atoms with Crippen molar-refractivity contribution < 1.29 is 9.53 Å². The number of hydrogen-bond acceptors (Lipinski definition) is 2. The first kappa shape index (κ1) is 13.0. The summed E-state index contributed by atoms with van der Waals surface area (Å²) in [7, 11) is 0. The van der Waals surface area contributed by atoms with Crippen molar-refractivity contribution >= 4 is 21.9 Å². The number of carbonyl (C=O) groups is 1. The van der Waals surface area contributed by atoms with Gasteiger partial charge in [0.15, 0.2) is 0 Å². The Labute approximate surface area is 104 Å². The monoisotopic (exact) mass is 282 g/mol. The molecule has 0 aromatic heterocycles. The second-order valence-corrected chi connectivity index (χ2v) is 4.56. The molecule has 3 heteroatoms. The molecule has 0 radical (unpaired) electrons. The quantitative estimate of drug-likeness (QED) is 0.469. The standard InChI is InChI=1S/C13H15BrO2/c1-10(2)13(15)16-9-3-4-11-5-7-12(14)8-6-11/h5-8H,1,3-4,9H2,2H3. The zero-order chi connectivity index (χ0) is 12.0. The molecule has 1 aromatic carbocycles. The summed E-state index contributed by atoms with van der Waals surface area (Å²) in [5.74, 6) is -0.309. The van der Waals surface area contributed by atoms with E-state index in [0.29, 0.717) is 12.2 Å². The number of esters is 1. The maximum atomic E-state index is 11.1. The summed E-state index contributed by atoms with van der Waals surface area (Å²) in [6.45, 7) is 5.62. The van der Waals surface area contributed by atoms with Crippen molar-refractivity contribution in [2.75, 3.05) is 6.61 Å². The van der Waals surface area contributed by atoms with Gasteiger partial charge in [-0.15, -0.1) is 0 Å². The molecule has 1 rings (SSSR count). The van der Waals surface area contributed by atoms with Gasteiger partial charge in [-0.2, -0.15) is 0 Å². The van der Waals surface area contributed by atoms with Gasteiger partial charge < -0.3 is 4.74 Å². The maximum Gasteiger partial charge on any atom is 0.333 e. The summed E-state index contributed by atoms with van der Waals surface area (Å²) in [5, 5.41) is 0. The van der Waals surface area contributed by atoms with E-state index in [1.807, 2.05) is 12.1 Å². The van der Waals surface area contributed by atoms with E-state index in [4.69, 9.17) is 4.74 Å². The van der Waals surface area contributed by atoms with Crippen LogP contribution in [-0.2, 0) is 16.0 Å². The third-order valence-corrected chi connectivity index (χ3v) is 2.63. The van der Waals surface area contributed by atoms with Crippen LogP contribution in [0.2, 0.25) is 0 Å². The van der Waals surface area contributed by atoms with Crippen LogP contribution in [0.1, 0.15) is 18.9 Å². The van der Waals surface area contributed by atoms with E-state index in [1.165, 1.54) is 5.56 Å². The predicted octanol–water partition coefficient (Wildman–Crippen LogP) is 3.50. The average Bonchev–Trinajstić information content (AvgIpc) is 2.26. The third kappa shape index (κ3) is 4.62. The zero-order valence-corrected chi connectivity index (χ0v) is 10.9. The number of benzene rings is 1. The van der Waals surface area contributed by atoms with Gasteiger partial charge in [0.25, 0.3) is 0 Å². The summed E-state index contributed by atoms with van der Waals surface area (Å²) in [6.07, 6.45) is 1.75. The molecule has 0 atom stereocenters. The van der Waals surface area contributed by atoms with Crippen molar-refractivity contribution in [2.24, 2.45) is 0 Å². The van der Waals surface area contributed by atoms with Crippen LogP contribution in [-0.4, -0.2) is 12.6 Å². The first-order chi connectivity index (χ1) is 7.59. The van der Waals surface area contributed by atoms with Crippen LogP contribution < -0.4 is 0 Å². The Hall–Kier alpha value is -1.09. The molecule has 86 valence electrons. The van der Waals surface area contributed by atoms with Crippen molar-refractivity contribution in [3.63, 3.8) is 0 Å². The minimum absolute atomic E-state index is 0.309. The highest BCUT2D eigenvalue weighted by molar-refractivity contribution is 9.10. The van der Waals surface area contributed by atoms with Crippen molar-refractivity contribution in [3.05, 3.63) is 46.5 Å². The van der Waals surface area contributed by atoms with E-state index in [2.05, 4.69) is 34.6 Å². The Morgan fingerprint density at radius 1 is 1.38 bits per heavy atom. The fraction of sp³-hybridized carbons (Fsp3) is 0.308. The van der Waals surface area contributed by atoms with Crippen LogP contribution in [0.3, 0.4) is 0 Å². The van der Waals surface area contributed by atoms with Crippen molar-refractivity contribution in [1.29, 1.82) is 0 Å². The largest absolute Gasteiger partial charge is 0.462 e. The molecule has 0 spiro atoms. The van der Waals surface area contributed by atoms with Gasteiger partial charge in [-0.3, -0.25) is 0 Å². The summed E-state index contributed by atoms with van der Waals surface area (Å²) in [6, 6.07) is 8.14. The Kier molecular flexibility index (Phi) is 5.26. The lowest BCUT2D eigenvalue weighted by Gasteiger charge is -2.04. The van der Waals surface area contributed by atoms with E-state index in [9.17, 15) is 4.79 Å². The maximum absolute atomic E-state index is 11.1. The van der Waals surface area contributed by atoms with E-state index in [1.54, 1.807) is 6.92 Å². The summed E-state index contributed by atoms with van der Waals surface area (Å²) in [5.41, 5.74) is 1.69. The molecule has 0 saturated carbocycles. The molecule has 0 unspecified atom stereocenters. The molecule has 0 heterocycles. The van der Waals surface area contributed by atoms with Crippen molar-refractivity contribution in [2.45, 2.75) is 19.8 Å². The molecule has 1 aromatic rings. The normalized spacial score (nSPS) is 9.88. The highest BCUT2D eigenvalue weighted by atomic mass is 79.9. The van der Waals surface area contributed by atoms with Gasteiger partial charge in [-0.1, -0.05) is 34.6 Å². The molecule has 0 amide bonds. The number of ether oxygens (including phenoxy) is 1. The van der Waals surface area contributed by atoms with Crippen LogP contribution in [0.15, 0.2) is 40.9 Å². The van der Waals surface area contributed by atoms with Gasteiger partial charge in [0.05, 0.1) is 6.61 Å². The second-order valence-electron chi connectivity index (χ2n) is 3.65. The molecule has 2 nitrogen and oxygen atoms in total. The zero-order valence-electron chi connectivity index (χ0n) is 9.33. The summed E-state index contributed by atoms with van der Waals surface area (Å²) >= 11 is 3.38. The fourth-order valence-electron chi connectivity index (χ4n) is 1.22. The molecular formula is C13H15BrO2. The van der Waals surface area contributed by atoms with Gasteiger partial charge in [-0.25, -0.2) is 4.79 Å². The molecular weight excluding hydrogens is 268 g/mol. The van der Waals surface area contributed by atoms with E-state index >= 15 is 0 Å². The number of hydrogen-bond donors (Lipinski definition) is 0. The summed E-state index contributed by atoms with van der Waals surface area (Å²) < 4.78 is 6.08. The Balaban J connectivity index is 2.23. The molecule has 0 aliphatic carbocycles. The predicted molar refractivity (Wildman–Crippen MR) is 68.2 cm³/mol. The SMILES string of the molecule is C=C(C)C(=O)OCCCc1ccc(Br)cc1. The van der Waals surface area contributed by atoms with Crippen LogP contribution in [0.4, 0.5) is 0 Å². The summed E-state index contributed by atoms with van der Waals surface area (Å²) in [4.78, 5) is 11.1. The van der Waals surface area contributed by atoms with Gasteiger partial charge >= 0.3 is 5.97 Å². The van der Waals surface area contributed by atoms with Gasteiger partial charge in [0.1, 0.15) is 0 Å². The first-order valence-electron chi connectivity index (χ1n) is 5.16. The third-order valence-electron chi connectivity index (χ3n) is 2.10. The first-order valence-corrected chi connectivity index (χ1v) is 5.96. The topological polar surface area (TPSA) is 26.3 Å². The Morgan fingerprint density at radius 2 is 2.00 bits per heavy atom. The molecule has 0 fully saturated rings. The Bertz CT molecular complexity index is 368. The number of aryl methyl sites for hydroxylation is 1. The van der Waals surface area contributed by atoms with Crippen LogP contribution in [0.25, 0.3) is 0 Å². The van der Waals surface area contributed by atoms with Gasteiger partial charge in [0.2, 0.25) is 0 Å². The number of carbonyl (C=O) groups excluding carboxylic acids is 1. The highest BCUT2D eigenvalue weighted by Gasteiger charge is 2.02. The minimum Gasteiger partial charge on any atom is -0.462 e. The van der Waals surface area contributed by atoms with Crippen LogP contribution in [0, 0.1) is 0 Å². The molecule has 0 bridgehead atoms. The lowest BCUT2D eigenvalue weighted by atomic mass is 10.1. The van der Waals surface area contributed by atoms with E-state index < -0.39 is 0 Å². The van der Waals surface area contributed by atoms with Crippen molar-refractivity contribution in [1.82, 2.24) is 0 Å². The average molecular weight is 283 g/mol. The van der Waals surface area contributed by atoms with Gasteiger partial charge in [0, 0.05) is 10.0 Å². The van der Waals surface area contributed by atoms with Crippen molar-refractivity contribution in [3.8, 4) is 0 Å². The lowest BCUT2D eigenvalue weighted by molar-refractivity contribution is -0.139. The molecule has 0 saturated heterocycles. The Morgan fingerprint density at radius 3 is 2.56 bits per heavy atom. The fourth-order valence-corrected chi connectivity index (χ4v) is 1.48. The van der Waals surface area contributed by atoms with Crippen LogP contribution in [0.5, 0.6) is 0 Å².